The first-order valence-corrected chi connectivity index (χ1v) is 10.0. The molecule has 0 aromatic heterocycles. The van der Waals surface area contributed by atoms with Crippen LogP contribution in [0.4, 0.5) is 9.59 Å². The molecule has 0 saturated heterocycles. The number of ether oxygens (including phenoxy) is 2. The number of nitrogens with zero attached hydrogens (tertiary/aromatic N) is 1. The zero-order valence-corrected chi connectivity index (χ0v) is 17.8. The van der Waals surface area contributed by atoms with E-state index in [-0.39, 0.29) is 0 Å². The molecule has 0 aliphatic carbocycles. The number of aryl methyl sites for hydroxylation is 1. The lowest BCUT2D eigenvalue weighted by atomic mass is 10.00. The highest BCUT2D eigenvalue weighted by Gasteiger charge is 2.12. The largest absolute Gasteiger partial charge is 0.412 e. The molecular weight excluding hydrogens is 358 g/mol. The minimum Gasteiger partial charge on any atom is -0.410 e. The highest BCUT2D eigenvalue weighted by molar-refractivity contribution is 5.72. The molecule has 0 saturated carbocycles. The van der Waals surface area contributed by atoms with Crippen LogP contribution in [0.15, 0.2) is 18.2 Å². The van der Waals surface area contributed by atoms with E-state index in [4.69, 9.17) is 9.47 Å². The molecule has 2 N–H and O–H groups in total. The molecule has 1 aromatic carbocycles. The van der Waals surface area contributed by atoms with Gasteiger partial charge in [-0.25, -0.2) is 9.59 Å². The number of unbranched alkanes of at least 4 members (excludes halogenated alkanes) is 1. The van der Waals surface area contributed by atoms with Crippen LogP contribution in [-0.2, 0) is 0 Å². The first-order chi connectivity index (χ1) is 13.3. The van der Waals surface area contributed by atoms with Crippen LogP contribution in [0.1, 0.15) is 45.1 Å². The maximum absolute atomic E-state index is 12.1. The van der Waals surface area contributed by atoms with Crippen LogP contribution in [0.2, 0.25) is 0 Å². The second kappa shape index (κ2) is 13.0. The second-order valence-corrected chi connectivity index (χ2v) is 7.23. The number of benzene rings is 1. The van der Waals surface area contributed by atoms with Gasteiger partial charge in [0, 0.05) is 25.7 Å². The highest BCUT2D eigenvalue weighted by Crippen LogP contribution is 2.24. The Labute approximate surface area is 168 Å². The molecule has 158 valence electrons. The fourth-order valence-corrected chi connectivity index (χ4v) is 2.59. The zero-order chi connectivity index (χ0) is 20.9. The summed E-state index contributed by atoms with van der Waals surface area (Å²) >= 11 is 0. The van der Waals surface area contributed by atoms with Crippen molar-refractivity contribution in [3.05, 3.63) is 23.8 Å². The van der Waals surface area contributed by atoms with Gasteiger partial charge in [0.1, 0.15) is 11.5 Å². The normalized spacial score (nSPS) is 11.8. The van der Waals surface area contributed by atoms with E-state index in [1.165, 1.54) is 0 Å². The van der Waals surface area contributed by atoms with Crippen molar-refractivity contribution < 1.29 is 19.1 Å². The highest BCUT2D eigenvalue weighted by atomic mass is 16.6. The molecule has 0 aliphatic heterocycles. The Morgan fingerprint density at radius 1 is 1.11 bits per heavy atom. The van der Waals surface area contributed by atoms with E-state index >= 15 is 0 Å². The topological polar surface area (TPSA) is 79.9 Å². The molecule has 0 radical (unpaired) electrons. The molecule has 0 aliphatic rings. The van der Waals surface area contributed by atoms with Crippen molar-refractivity contribution in [2.75, 3.05) is 33.7 Å². The number of hydrogen-bond acceptors (Lipinski definition) is 5. The molecule has 1 atom stereocenters. The van der Waals surface area contributed by atoms with Crippen LogP contribution in [0.3, 0.4) is 0 Å². The Morgan fingerprint density at radius 3 is 2.46 bits per heavy atom. The fraction of sp³-hybridized carbons (Fsp3) is 0.619. The molecule has 0 bridgehead atoms. The van der Waals surface area contributed by atoms with Crippen LogP contribution in [0.5, 0.6) is 11.5 Å². The Kier molecular flexibility index (Phi) is 11.0. The molecular formula is C21H35N3O4. The predicted octanol–water partition coefficient (Wildman–Crippen LogP) is 3.95. The summed E-state index contributed by atoms with van der Waals surface area (Å²) in [6.45, 7) is 7.91. The molecule has 2 amide bonds. The molecule has 28 heavy (non-hydrogen) atoms. The van der Waals surface area contributed by atoms with E-state index in [0.29, 0.717) is 37.1 Å². The Balaban J connectivity index is 2.54. The number of likely N-dealkylation sites (N-methyl/N-ethyl adjacent to an activating group) is 1. The van der Waals surface area contributed by atoms with Crippen molar-refractivity contribution in [3.8, 4) is 11.5 Å². The lowest BCUT2D eigenvalue weighted by molar-refractivity contribution is 0.196. The number of hydrogen-bond donors (Lipinski definition) is 2. The van der Waals surface area contributed by atoms with Gasteiger partial charge in [0.15, 0.2) is 0 Å². The summed E-state index contributed by atoms with van der Waals surface area (Å²) in [5, 5.41) is 5.50. The minimum atomic E-state index is -0.534. The summed E-state index contributed by atoms with van der Waals surface area (Å²) in [7, 11) is 3.85. The van der Waals surface area contributed by atoms with Crippen LogP contribution in [-0.4, -0.2) is 50.8 Å². The van der Waals surface area contributed by atoms with Crippen LogP contribution in [0.25, 0.3) is 0 Å². The van der Waals surface area contributed by atoms with Gasteiger partial charge in [-0.1, -0.05) is 39.2 Å². The molecule has 1 rings (SSSR count). The summed E-state index contributed by atoms with van der Waals surface area (Å²) in [5.74, 6) is 1.15. The monoisotopic (exact) mass is 393 g/mol. The molecule has 0 heterocycles. The summed E-state index contributed by atoms with van der Waals surface area (Å²) in [5.41, 5.74) is 0.779. The van der Waals surface area contributed by atoms with Crippen molar-refractivity contribution in [1.29, 1.82) is 0 Å². The Bertz CT molecular complexity index is 620. The van der Waals surface area contributed by atoms with Crippen molar-refractivity contribution in [2.45, 2.75) is 46.5 Å². The first-order valence-electron chi connectivity index (χ1n) is 10.0. The summed E-state index contributed by atoms with van der Waals surface area (Å²) in [6, 6.07) is 4.98. The average molecular weight is 394 g/mol. The van der Waals surface area contributed by atoms with Gasteiger partial charge in [0.05, 0.1) is 0 Å². The van der Waals surface area contributed by atoms with E-state index in [1.807, 2.05) is 25.9 Å². The van der Waals surface area contributed by atoms with Gasteiger partial charge in [0.25, 0.3) is 0 Å². The zero-order valence-electron chi connectivity index (χ0n) is 17.8. The third kappa shape index (κ3) is 9.60. The molecule has 1 aromatic rings. The van der Waals surface area contributed by atoms with Gasteiger partial charge in [-0.3, -0.25) is 0 Å². The maximum Gasteiger partial charge on any atom is 0.412 e. The first kappa shape index (κ1) is 23.8. The van der Waals surface area contributed by atoms with E-state index in [1.54, 1.807) is 18.2 Å². The van der Waals surface area contributed by atoms with Crippen molar-refractivity contribution >= 4 is 12.2 Å². The molecule has 7 heteroatoms. The van der Waals surface area contributed by atoms with E-state index < -0.39 is 12.2 Å². The maximum atomic E-state index is 12.1. The fourth-order valence-electron chi connectivity index (χ4n) is 2.59. The van der Waals surface area contributed by atoms with Gasteiger partial charge in [0.2, 0.25) is 0 Å². The van der Waals surface area contributed by atoms with Crippen LogP contribution >= 0.6 is 0 Å². The standard InChI is InChI=1S/C21H35N3O4/c1-6-8-9-17(7-2)15-23-21(26)27-18-11-10-16(3)19(14-18)28-20(25)22-12-13-24(4)5/h10-11,14,17H,6-9,12-13,15H2,1-5H3,(H,22,25)(H,23,26). The van der Waals surface area contributed by atoms with Crippen molar-refractivity contribution in [3.63, 3.8) is 0 Å². The van der Waals surface area contributed by atoms with Gasteiger partial charge in [-0.15, -0.1) is 0 Å². The quantitative estimate of drug-likeness (QED) is 0.595. The van der Waals surface area contributed by atoms with Crippen molar-refractivity contribution in [1.82, 2.24) is 15.5 Å². The van der Waals surface area contributed by atoms with E-state index in [0.717, 1.165) is 31.2 Å². The van der Waals surface area contributed by atoms with Gasteiger partial charge >= 0.3 is 12.2 Å². The number of carbonyl (C=O) groups is 2. The Morgan fingerprint density at radius 2 is 1.82 bits per heavy atom. The number of rotatable bonds is 11. The van der Waals surface area contributed by atoms with Crippen molar-refractivity contribution in [2.24, 2.45) is 5.92 Å². The number of nitrogens with one attached hydrogen (secondary N) is 2. The molecule has 0 spiro atoms. The molecule has 1 unspecified atom stereocenters. The predicted molar refractivity (Wildman–Crippen MR) is 111 cm³/mol. The third-order valence-corrected chi connectivity index (χ3v) is 4.48. The van der Waals surface area contributed by atoms with Gasteiger partial charge < -0.3 is 25.0 Å². The lowest BCUT2D eigenvalue weighted by Gasteiger charge is -2.15. The Hall–Kier alpha value is -2.28. The lowest BCUT2D eigenvalue weighted by Crippen LogP contribution is -2.33. The minimum absolute atomic E-state index is 0.334. The molecule has 7 nitrogen and oxygen atoms in total. The van der Waals surface area contributed by atoms with Gasteiger partial charge in [-0.05, 0) is 45.0 Å². The van der Waals surface area contributed by atoms with E-state index in [2.05, 4.69) is 24.5 Å². The summed E-state index contributed by atoms with van der Waals surface area (Å²) < 4.78 is 10.7. The second-order valence-electron chi connectivity index (χ2n) is 7.23. The summed E-state index contributed by atoms with van der Waals surface area (Å²) in [6.07, 6.45) is 3.39. The van der Waals surface area contributed by atoms with Crippen LogP contribution < -0.4 is 20.1 Å². The van der Waals surface area contributed by atoms with Crippen LogP contribution in [0, 0.1) is 12.8 Å². The van der Waals surface area contributed by atoms with Gasteiger partial charge in [-0.2, -0.15) is 0 Å². The molecule has 0 fully saturated rings. The summed E-state index contributed by atoms with van der Waals surface area (Å²) in [4.78, 5) is 25.9. The smallest absolute Gasteiger partial charge is 0.410 e. The number of carbonyl (C=O) groups excluding carboxylic acids is 2. The third-order valence-electron chi connectivity index (χ3n) is 4.48. The number of amides is 2. The SMILES string of the molecule is CCCCC(CC)CNC(=O)Oc1ccc(C)c(OC(=O)NCCN(C)C)c1. The van der Waals surface area contributed by atoms with E-state index in [9.17, 15) is 9.59 Å². The average Bonchev–Trinajstić information content (AvgIpc) is 2.64.